The summed E-state index contributed by atoms with van der Waals surface area (Å²) in [5.74, 6) is 1.76. The third kappa shape index (κ3) is 3.33. The maximum absolute atomic E-state index is 11.7. The van der Waals surface area contributed by atoms with E-state index in [1.54, 1.807) is 36.4 Å². The monoisotopic (exact) mass is 346 g/mol. The Morgan fingerprint density at radius 1 is 1.21 bits per heavy atom. The van der Waals surface area contributed by atoms with Crippen molar-refractivity contribution in [2.24, 2.45) is 5.73 Å². The zero-order chi connectivity index (χ0) is 17.1. The van der Waals surface area contributed by atoms with E-state index in [0.717, 1.165) is 0 Å². The summed E-state index contributed by atoms with van der Waals surface area (Å²) in [7, 11) is 1.31. The fraction of sp³-hybridized carbons (Fsp3) is 0.125. The van der Waals surface area contributed by atoms with Gasteiger partial charge in [-0.05, 0) is 42.5 Å². The third-order valence-corrected chi connectivity index (χ3v) is 3.33. The summed E-state index contributed by atoms with van der Waals surface area (Å²) in [5.41, 5.74) is 6.32. The minimum Gasteiger partial charge on any atom is -0.465 e. The van der Waals surface area contributed by atoms with Gasteiger partial charge in [0.25, 0.3) is 0 Å². The first-order valence-corrected chi connectivity index (χ1v) is 7.34. The van der Waals surface area contributed by atoms with Gasteiger partial charge in [0.1, 0.15) is 5.75 Å². The van der Waals surface area contributed by atoms with Gasteiger partial charge >= 0.3 is 5.97 Å². The van der Waals surface area contributed by atoms with Crippen LogP contribution in [0, 0.1) is 0 Å². The number of rotatable bonds is 4. The molecule has 124 valence electrons. The Morgan fingerprint density at radius 3 is 2.75 bits per heavy atom. The van der Waals surface area contributed by atoms with Crippen LogP contribution in [0.5, 0.6) is 23.0 Å². The molecule has 7 nitrogen and oxygen atoms in total. The molecule has 1 heterocycles. The van der Waals surface area contributed by atoms with Gasteiger partial charge in [0.15, 0.2) is 22.4 Å². The molecule has 0 fully saturated rings. The van der Waals surface area contributed by atoms with E-state index in [4.69, 9.17) is 36.9 Å². The number of anilines is 1. The quantitative estimate of drug-likeness (QED) is 0.645. The molecule has 8 heteroatoms. The summed E-state index contributed by atoms with van der Waals surface area (Å²) in [6.07, 6.45) is 0. The number of ether oxygens (including phenoxy) is 4. The fourth-order valence-electron chi connectivity index (χ4n) is 2.16. The van der Waals surface area contributed by atoms with Crippen molar-refractivity contribution in [3.05, 3.63) is 42.0 Å². The lowest BCUT2D eigenvalue weighted by Gasteiger charge is -2.13. The van der Waals surface area contributed by atoms with Gasteiger partial charge in [0.05, 0.1) is 18.4 Å². The smallest absolute Gasteiger partial charge is 0.337 e. The number of nitrogens with two attached hydrogens (primary N) is 1. The van der Waals surface area contributed by atoms with Gasteiger partial charge in [-0.25, -0.2) is 4.79 Å². The van der Waals surface area contributed by atoms with Gasteiger partial charge < -0.3 is 30.0 Å². The molecule has 1 aliphatic heterocycles. The second kappa shape index (κ2) is 6.63. The Labute approximate surface area is 143 Å². The van der Waals surface area contributed by atoms with E-state index in [0.29, 0.717) is 34.2 Å². The van der Waals surface area contributed by atoms with Crippen molar-refractivity contribution in [1.29, 1.82) is 0 Å². The van der Waals surface area contributed by atoms with Crippen molar-refractivity contribution in [2.75, 3.05) is 19.2 Å². The first-order valence-electron chi connectivity index (χ1n) is 6.93. The topological polar surface area (TPSA) is 92.0 Å². The Hall–Kier alpha value is -3.00. The molecule has 24 heavy (non-hydrogen) atoms. The van der Waals surface area contributed by atoms with E-state index < -0.39 is 5.97 Å². The average Bonchev–Trinajstić information content (AvgIpc) is 3.03. The SMILES string of the molecule is COC(=O)c1ccc(Oc2ccc3c(c2)OCO3)c(NC(N)=S)c1. The lowest BCUT2D eigenvalue weighted by molar-refractivity contribution is 0.0601. The number of hydrogen-bond acceptors (Lipinski definition) is 6. The normalized spacial score (nSPS) is 11.7. The number of methoxy groups -OCH3 is 1. The minimum atomic E-state index is -0.476. The molecule has 0 saturated heterocycles. The molecule has 3 N–H and O–H groups in total. The summed E-state index contributed by atoms with van der Waals surface area (Å²) in [6.45, 7) is 0.181. The maximum Gasteiger partial charge on any atom is 0.337 e. The number of benzene rings is 2. The van der Waals surface area contributed by atoms with Crippen LogP contribution < -0.4 is 25.3 Å². The average molecular weight is 346 g/mol. The standard InChI is InChI=1S/C16H14N2O5S/c1-20-15(19)9-2-4-12(11(6-9)18-16(17)24)23-10-3-5-13-14(7-10)22-8-21-13/h2-7H,8H2,1H3,(H3,17,18,24). The first kappa shape index (κ1) is 15.9. The number of carbonyl (C=O) groups excluding carboxylic acids is 1. The highest BCUT2D eigenvalue weighted by atomic mass is 32.1. The van der Waals surface area contributed by atoms with E-state index >= 15 is 0 Å². The highest BCUT2D eigenvalue weighted by Crippen LogP contribution is 2.38. The summed E-state index contributed by atoms with van der Waals surface area (Å²) in [5, 5.41) is 2.83. The van der Waals surface area contributed by atoms with Crippen LogP contribution in [0.3, 0.4) is 0 Å². The Bertz CT molecular complexity index is 809. The Balaban J connectivity index is 1.91. The zero-order valence-corrected chi connectivity index (χ0v) is 13.5. The number of fused-ring (bicyclic) bond motifs is 1. The Kier molecular flexibility index (Phi) is 4.39. The molecule has 0 bridgehead atoms. The van der Waals surface area contributed by atoms with E-state index in [1.165, 1.54) is 7.11 Å². The molecule has 0 atom stereocenters. The summed E-state index contributed by atoms with van der Waals surface area (Å²) >= 11 is 4.86. The van der Waals surface area contributed by atoms with E-state index in [2.05, 4.69) is 5.32 Å². The molecule has 2 aromatic rings. The van der Waals surface area contributed by atoms with Crippen LogP contribution in [0.25, 0.3) is 0 Å². The molecule has 0 saturated carbocycles. The van der Waals surface area contributed by atoms with E-state index in [-0.39, 0.29) is 11.9 Å². The van der Waals surface area contributed by atoms with Gasteiger partial charge in [0.2, 0.25) is 6.79 Å². The molecule has 0 unspecified atom stereocenters. The lowest BCUT2D eigenvalue weighted by Crippen LogP contribution is -2.19. The number of nitrogens with one attached hydrogen (secondary N) is 1. The molecule has 0 spiro atoms. The van der Waals surface area contributed by atoms with Crippen LogP contribution in [-0.2, 0) is 4.74 Å². The summed E-state index contributed by atoms with van der Waals surface area (Å²) < 4.78 is 21.1. The second-order valence-corrected chi connectivity index (χ2v) is 5.25. The van der Waals surface area contributed by atoms with Crippen molar-refractivity contribution in [2.45, 2.75) is 0 Å². The fourth-order valence-corrected chi connectivity index (χ4v) is 2.27. The molecular formula is C16H14N2O5S. The number of hydrogen-bond donors (Lipinski definition) is 2. The molecule has 1 aliphatic rings. The molecular weight excluding hydrogens is 332 g/mol. The van der Waals surface area contributed by atoms with Crippen LogP contribution in [-0.4, -0.2) is 25.0 Å². The van der Waals surface area contributed by atoms with Crippen LogP contribution in [0.15, 0.2) is 36.4 Å². The lowest BCUT2D eigenvalue weighted by atomic mass is 10.2. The number of thiocarbonyl (C=S) groups is 1. The van der Waals surface area contributed by atoms with Crippen molar-refractivity contribution in [1.82, 2.24) is 0 Å². The third-order valence-electron chi connectivity index (χ3n) is 3.23. The molecule has 2 aromatic carbocycles. The van der Waals surface area contributed by atoms with Gasteiger partial charge in [0, 0.05) is 6.07 Å². The van der Waals surface area contributed by atoms with Crippen LogP contribution in [0.1, 0.15) is 10.4 Å². The summed E-state index contributed by atoms with van der Waals surface area (Å²) in [6, 6.07) is 9.96. The second-order valence-electron chi connectivity index (χ2n) is 4.81. The predicted octanol–water partition coefficient (Wildman–Crippen LogP) is 2.65. The van der Waals surface area contributed by atoms with Crippen LogP contribution in [0.2, 0.25) is 0 Å². The van der Waals surface area contributed by atoms with Crippen molar-refractivity contribution < 1.29 is 23.7 Å². The van der Waals surface area contributed by atoms with E-state index in [1.807, 2.05) is 0 Å². The number of carbonyl (C=O) groups is 1. The van der Waals surface area contributed by atoms with E-state index in [9.17, 15) is 4.79 Å². The molecule has 0 aliphatic carbocycles. The van der Waals surface area contributed by atoms with Gasteiger partial charge in [-0.15, -0.1) is 0 Å². The van der Waals surface area contributed by atoms with Crippen molar-refractivity contribution in [3.63, 3.8) is 0 Å². The summed E-state index contributed by atoms with van der Waals surface area (Å²) in [4.78, 5) is 11.7. The minimum absolute atomic E-state index is 0.0487. The molecule has 0 amide bonds. The largest absolute Gasteiger partial charge is 0.465 e. The van der Waals surface area contributed by atoms with Gasteiger partial charge in [-0.3, -0.25) is 0 Å². The highest BCUT2D eigenvalue weighted by Gasteiger charge is 2.16. The predicted molar refractivity (Wildman–Crippen MR) is 90.8 cm³/mol. The van der Waals surface area contributed by atoms with Crippen molar-refractivity contribution in [3.8, 4) is 23.0 Å². The van der Waals surface area contributed by atoms with Gasteiger partial charge in [-0.2, -0.15) is 0 Å². The Morgan fingerprint density at radius 2 is 2.00 bits per heavy atom. The molecule has 0 radical (unpaired) electrons. The van der Waals surface area contributed by atoms with Gasteiger partial charge in [-0.1, -0.05) is 0 Å². The van der Waals surface area contributed by atoms with Crippen LogP contribution in [0.4, 0.5) is 5.69 Å². The molecule has 3 rings (SSSR count). The zero-order valence-electron chi connectivity index (χ0n) is 12.7. The molecule has 0 aromatic heterocycles. The first-order chi connectivity index (χ1) is 11.6. The number of esters is 1. The highest BCUT2D eigenvalue weighted by molar-refractivity contribution is 7.80. The van der Waals surface area contributed by atoms with Crippen molar-refractivity contribution >= 4 is 29.0 Å². The van der Waals surface area contributed by atoms with Crippen LogP contribution >= 0.6 is 12.2 Å². The maximum atomic E-state index is 11.7.